The van der Waals surface area contributed by atoms with Crippen molar-refractivity contribution in [3.05, 3.63) is 24.3 Å². The maximum absolute atomic E-state index is 12.2. The molecule has 0 radical (unpaired) electrons. The second-order valence-corrected chi connectivity index (χ2v) is 5.65. The highest BCUT2D eigenvalue weighted by atomic mass is 16.1. The first-order valence-corrected chi connectivity index (χ1v) is 6.29. The fraction of sp³-hybridized carbons (Fsp3) is 0.667. The van der Waals surface area contributed by atoms with Gasteiger partial charge in [-0.3, -0.25) is 4.79 Å². The van der Waals surface area contributed by atoms with Crippen LogP contribution in [0.25, 0.3) is 0 Å². The fourth-order valence-corrected chi connectivity index (χ4v) is 2.60. The Labute approximate surface area is 99.6 Å². The molecule has 16 heavy (non-hydrogen) atoms. The van der Waals surface area contributed by atoms with Crippen molar-refractivity contribution in [2.45, 2.75) is 47.0 Å². The monoisotopic (exact) mass is 220 g/mol. The zero-order valence-corrected chi connectivity index (χ0v) is 11.0. The van der Waals surface area contributed by atoms with Crippen LogP contribution >= 0.6 is 0 Å². The molecule has 0 bridgehead atoms. The molecule has 0 amide bonds. The highest BCUT2D eigenvalue weighted by Crippen LogP contribution is 2.46. The number of carbonyl (C=O) groups is 1. The summed E-state index contributed by atoms with van der Waals surface area (Å²) in [5.41, 5.74) is 1.20. The molecule has 1 nitrogen and oxygen atoms in total. The molecule has 0 saturated heterocycles. The topological polar surface area (TPSA) is 17.1 Å². The summed E-state index contributed by atoms with van der Waals surface area (Å²) in [5, 5.41) is 0. The maximum atomic E-state index is 12.2. The number of ketones is 1. The van der Waals surface area contributed by atoms with Crippen LogP contribution in [-0.2, 0) is 4.79 Å². The lowest BCUT2D eigenvalue weighted by Gasteiger charge is -2.41. The van der Waals surface area contributed by atoms with Gasteiger partial charge in [0, 0.05) is 5.92 Å². The molecule has 0 aromatic rings. The highest BCUT2D eigenvalue weighted by molar-refractivity contribution is 5.94. The number of carbonyl (C=O) groups excluding carboxylic acids is 1. The molecule has 0 aromatic carbocycles. The summed E-state index contributed by atoms with van der Waals surface area (Å²) in [5.74, 6) is 0.736. The molecule has 0 N–H and O–H groups in total. The molecule has 1 aliphatic carbocycles. The molecule has 1 heteroatoms. The van der Waals surface area contributed by atoms with E-state index < -0.39 is 0 Å². The summed E-state index contributed by atoms with van der Waals surface area (Å²) in [6.45, 7) is 12.8. The van der Waals surface area contributed by atoms with Gasteiger partial charge in [-0.15, -0.1) is 0 Å². The van der Waals surface area contributed by atoms with Gasteiger partial charge in [0.15, 0.2) is 5.78 Å². The third-order valence-corrected chi connectivity index (χ3v) is 3.81. The normalized spacial score (nSPS) is 29.6. The predicted molar refractivity (Wildman–Crippen MR) is 69.2 cm³/mol. The molecule has 2 unspecified atom stereocenters. The van der Waals surface area contributed by atoms with Crippen LogP contribution in [0.15, 0.2) is 24.3 Å². The standard InChI is InChI=1S/C15H24O/c1-6-7-8-13(16)14-12(3)11(2)9-10-15(14,4)5/h7-8,11,14H,3,6,9-10H2,1-2,4-5H3/b8-7+. The van der Waals surface area contributed by atoms with E-state index >= 15 is 0 Å². The van der Waals surface area contributed by atoms with E-state index in [1.54, 1.807) is 6.08 Å². The van der Waals surface area contributed by atoms with Gasteiger partial charge in [0.05, 0.1) is 0 Å². The predicted octanol–water partition coefficient (Wildman–Crippen LogP) is 4.15. The molecular weight excluding hydrogens is 196 g/mol. The summed E-state index contributed by atoms with van der Waals surface area (Å²) in [7, 11) is 0. The van der Waals surface area contributed by atoms with Gasteiger partial charge in [-0.2, -0.15) is 0 Å². The van der Waals surface area contributed by atoms with Gasteiger partial charge in [0.2, 0.25) is 0 Å². The first-order chi connectivity index (χ1) is 7.40. The van der Waals surface area contributed by atoms with Crippen LogP contribution < -0.4 is 0 Å². The van der Waals surface area contributed by atoms with Crippen molar-refractivity contribution < 1.29 is 4.79 Å². The van der Waals surface area contributed by atoms with Crippen LogP contribution in [0.2, 0.25) is 0 Å². The Morgan fingerprint density at radius 2 is 2.19 bits per heavy atom. The van der Waals surface area contributed by atoms with E-state index in [1.165, 1.54) is 0 Å². The van der Waals surface area contributed by atoms with Gasteiger partial charge < -0.3 is 0 Å². The summed E-state index contributed by atoms with van der Waals surface area (Å²) in [6, 6.07) is 0. The minimum Gasteiger partial charge on any atom is -0.294 e. The lowest BCUT2D eigenvalue weighted by molar-refractivity contribution is -0.121. The summed E-state index contributed by atoms with van der Waals surface area (Å²) < 4.78 is 0. The fourth-order valence-electron chi connectivity index (χ4n) is 2.60. The van der Waals surface area contributed by atoms with Gasteiger partial charge in [-0.25, -0.2) is 0 Å². The van der Waals surface area contributed by atoms with E-state index in [0.29, 0.717) is 5.92 Å². The third-order valence-electron chi connectivity index (χ3n) is 3.81. The van der Waals surface area contributed by atoms with Gasteiger partial charge in [0.25, 0.3) is 0 Å². The van der Waals surface area contributed by atoms with Crippen molar-refractivity contribution in [1.29, 1.82) is 0 Å². The third kappa shape index (κ3) is 2.63. The Bertz CT molecular complexity index is 309. The number of hydrogen-bond donors (Lipinski definition) is 0. The molecule has 0 aromatic heterocycles. The summed E-state index contributed by atoms with van der Waals surface area (Å²) >= 11 is 0. The van der Waals surface area contributed by atoms with Crippen LogP contribution in [0.4, 0.5) is 0 Å². The van der Waals surface area contributed by atoms with Crippen LogP contribution in [0.1, 0.15) is 47.0 Å². The van der Waals surface area contributed by atoms with Crippen LogP contribution in [0, 0.1) is 17.3 Å². The maximum Gasteiger partial charge on any atom is 0.163 e. The van der Waals surface area contributed by atoms with Crippen molar-refractivity contribution in [1.82, 2.24) is 0 Å². The van der Waals surface area contributed by atoms with Crippen molar-refractivity contribution >= 4 is 5.78 Å². The molecule has 0 heterocycles. The number of rotatable bonds is 3. The highest BCUT2D eigenvalue weighted by Gasteiger charge is 2.40. The number of hydrogen-bond acceptors (Lipinski definition) is 1. The Hall–Kier alpha value is -0.850. The molecule has 1 aliphatic rings. The lowest BCUT2D eigenvalue weighted by atomic mass is 9.62. The average molecular weight is 220 g/mol. The molecule has 1 fully saturated rings. The Morgan fingerprint density at radius 3 is 2.75 bits per heavy atom. The van der Waals surface area contributed by atoms with Gasteiger partial charge in [-0.1, -0.05) is 45.9 Å². The van der Waals surface area contributed by atoms with E-state index in [1.807, 2.05) is 13.0 Å². The molecule has 90 valence electrons. The van der Waals surface area contributed by atoms with Crippen molar-refractivity contribution in [2.24, 2.45) is 17.3 Å². The van der Waals surface area contributed by atoms with Crippen molar-refractivity contribution in [3.8, 4) is 0 Å². The van der Waals surface area contributed by atoms with Crippen LogP contribution in [-0.4, -0.2) is 5.78 Å². The molecule has 0 spiro atoms. The van der Waals surface area contributed by atoms with E-state index in [-0.39, 0.29) is 17.1 Å². The molecule has 0 aliphatic heterocycles. The summed E-state index contributed by atoms with van der Waals surface area (Å²) in [4.78, 5) is 12.2. The molecule has 2 atom stereocenters. The average Bonchev–Trinajstić information content (AvgIpc) is 2.21. The molecule has 1 rings (SSSR count). The summed E-state index contributed by atoms with van der Waals surface area (Å²) in [6.07, 6.45) is 6.89. The second kappa shape index (κ2) is 4.99. The lowest BCUT2D eigenvalue weighted by Crippen LogP contribution is -2.37. The van der Waals surface area contributed by atoms with E-state index in [9.17, 15) is 4.79 Å². The minimum atomic E-state index is 0.0130. The largest absolute Gasteiger partial charge is 0.294 e. The van der Waals surface area contributed by atoms with Crippen LogP contribution in [0.3, 0.4) is 0 Å². The van der Waals surface area contributed by atoms with E-state index in [4.69, 9.17) is 0 Å². The van der Waals surface area contributed by atoms with Crippen molar-refractivity contribution in [2.75, 3.05) is 0 Å². The Balaban J connectivity index is 2.92. The van der Waals surface area contributed by atoms with Gasteiger partial charge >= 0.3 is 0 Å². The zero-order valence-electron chi connectivity index (χ0n) is 11.0. The van der Waals surface area contributed by atoms with E-state index in [2.05, 4.69) is 27.4 Å². The molecular formula is C15H24O. The van der Waals surface area contributed by atoms with Gasteiger partial charge in [0.1, 0.15) is 0 Å². The van der Waals surface area contributed by atoms with Gasteiger partial charge in [-0.05, 0) is 36.7 Å². The Morgan fingerprint density at radius 1 is 1.56 bits per heavy atom. The minimum absolute atomic E-state index is 0.0130. The Kier molecular flexibility index (Phi) is 4.12. The molecule has 1 saturated carbocycles. The van der Waals surface area contributed by atoms with Crippen molar-refractivity contribution in [3.63, 3.8) is 0 Å². The SMILES string of the molecule is C=C1C(C)CCC(C)(C)C1C(=O)/C=C/CC. The first-order valence-electron chi connectivity index (χ1n) is 6.29. The van der Waals surface area contributed by atoms with E-state index in [0.717, 1.165) is 24.8 Å². The number of allylic oxidation sites excluding steroid dienone is 3. The second-order valence-electron chi connectivity index (χ2n) is 5.65. The quantitative estimate of drug-likeness (QED) is 0.516. The van der Waals surface area contributed by atoms with Crippen LogP contribution in [0.5, 0.6) is 0 Å². The zero-order chi connectivity index (χ0) is 12.3. The first kappa shape index (κ1) is 13.2. The smallest absolute Gasteiger partial charge is 0.163 e.